The molecule has 2 fully saturated rings. The molecule has 1 amide bonds. The highest BCUT2D eigenvalue weighted by Crippen LogP contribution is 2.41. The van der Waals surface area contributed by atoms with Crippen molar-refractivity contribution in [2.75, 3.05) is 18.0 Å². The quantitative estimate of drug-likeness (QED) is 0.217. The fourth-order valence-electron chi connectivity index (χ4n) is 6.45. The van der Waals surface area contributed by atoms with Gasteiger partial charge in [-0.05, 0) is 87.3 Å². The lowest BCUT2D eigenvalue weighted by Crippen LogP contribution is -2.36. The summed E-state index contributed by atoms with van der Waals surface area (Å²) in [5.74, 6) is 0.0433. The van der Waals surface area contributed by atoms with Gasteiger partial charge in [0.1, 0.15) is 11.8 Å². The first kappa shape index (κ1) is 34.9. The molecule has 9 nitrogen and oxygen atoms in total. The summed E-state index contributed by atoms with van der Waals surface area (Å²) < 4.78 is 87.0. The number of hydrogen-bond acceptors (Lipinski definition) is 7. The molecule has 2 atom stereocenters. The average Bonchev–Trinajstić information content (AvgIpc) is 3.32. The topological polar surface area (TPSA) is 109 Å². The summed E-state index contributed by atoms with van der Waals surface area (Å²) in [6, 6.07) is 3.72. The van der Waals surface area contributed by atoms with Gasteiger partial charge in [0.25, 0.3) is 0 Å². The first-order chi connectivity index (χ1) is 22.6. The minimum absolute atomic E-state index is 0.0342. The Morgan fingerprint density at radius 1 is 1.02 bits per heavy atom. The van der Waals surface area contributed by atoms with Gasteiger partial charge in [0, 0.05) is 37.5 Å². The number of ether oxygens (including phenoxy) is 1. The van der Waals surface area contributed by atoms with Gasteiger partial charge in [0.15, 0.2) is 5.82 Å². The molecule has 1 N–H and O–H groups in total. The fraction of sp³-hybridized carbons (Fsp3) is 0.485. The zero-order valence-electron chi connectivity index (χ0n) is 26.3. The van der Waals surface area contributed by atoms with Crippen molar-refractivity contribution in [1.82, 2.24) is 19.9 Å². The molecule has 3 aromatic rings. The highest BCUT2D eigenvalue weighted by atomic mass is 19.4. The van der Waals surface area contributed by atoms with Crippen molar-refractivity contribution in [2.24, 2.45) is 11.8 Å². The maximum absolute atomic E-state index is 13.6. The smallest absolute Gasteiger partial charge is 0.416 e. The van der Waals surface area contributed by atoms with E-state index in [-0.39, 0.29) is 30.9 Å². The van der Waals surface area contributed by atoms with Crippen molar-refractivity contribution in [3.05, 3.63) is 71.3 Å². The zero-order chi connectivity index (χ0) is 34.8. The van der Waals surface area contributed by atoms with Gasteiger partial charge in [-0.25, -0.2) is 14.8 Å². The number of nitrogens with zero attached hydrogens (tertiary/aromatic N) is 5. The van der Waals surface area contributed by atoms with Gasteiger partial charge in [-0.15, -0.1) is 0 Å². The van der Waals surface area contributed by atoms with Gasteiger partial charge in [-0.2, -0.15) is 26.3 Å². The number of halogens is 6. The van der Waals surface area contributed by atoms with E-state index >= 15 is 0 Å². The van der Waals surface area contributed by atoms with Crippen molar-refractivity contribution < 1.29 is 45.8 Å². The summed E-state index contributed by atoms with van der Waals surface area (Å²) in [5.41, 5.74) is -1.96. The number of pyridine rings is 1. The van der Waals surface area contributed by atoms with Crippen LogP contribution in [-0.2, 0) is 28.4 Å². The third kappa shape index (κ3) is 7.98. The van der Waals surface area contributed by atoms with Gasteiger partial charge < -0.3 is 14.7 Å². The molecule has 2 aliphatic rings. The van der Waals surface area contributed by atoms with Crippen LogP contribution in [0.5, 0.6) is 0 Å². The number of amides is 1. The summed E-state index contributed by atoms with van der Waals surface area (Å²) >= 11 is 0. The van der Waals surface area contributed by atoms with E-state index in [2.05, 4.69) is 4.98 Å². The molecule has 0 bridgehead atoms. The number of cyclic esters (lactones) is 1. The van der Waals surface area contributed by atoms with E-state index in [1.807, 2.05) is 11.8 Å². The predicted molar refractivity (Wildman–Crippen MR) is 162 cm³/mol. The lowest BCUT2D eigenvalue weighted by atomic mass is 9.80. The number of rotatable bonds is 10. The maximum Gasteiger partial charge on any atom is 0.416 e. The zero-order valence-corrected chi connectivity index (χ0v) is 26.3. The van der Waals surface area contributed by atoms with E-state index in [1.54, 1.807) is 30.7 Å². The Labute approximate surface area is 273 Å². The van der Waals surface area contributed by atoms with Crippen LogP contribution in [0.2, 0.25) is 0 Å². The Kier molecular flexibility index (Phi) is 10.2. The maximum atomic E-state index is 13.6. The Balaban J connectivity index is 1.45. The lowest BCUT2D eigenvalue weighted by molar-refractivity contribution is -0.143. The van der Waals surface area contributed by atoms with Crippen LogP contribution in [0.15, 0.2) is 48.9 Å². The van der Waals surface area contributed by atoms with E-state index in [0.717, 1.165) is 25.7 Å². The standard InChI is InChI=1S/C33H35F6N5O4/c1-3-43(17-21-8-6-20(7-9-21)11-28(45)46)30-27(42-26(16-41-30)22-5-4-10-40-15-22)18-44-19(2)29(48-31(44)47)23-12-24(32(34,35)36)14-25(13-23)33(37,38)39/h4-5,10,12-16,19-21,29H,3,6-9,11,17-18H2,1-2H3,(H,45,46)/t19-,20?,21?,29-/m0/s1. The molecule has 1 aliphatic carbocycles. The van der Waals surface area contributed by atoms with Crippen LogP contribution >= 0.6 is 0 Å². The fourth-order valence-corrected chi connectivity index (χ4v) is 6.45. The summed E-state index contributed by atoms with van der Waals surface area (Å²) in [7, 11) is 0. The number of carbonyl (C=O) groups is 2. The molecule has 258 valence electrons. The third-order valence-corrected chi connectivity index (χ3v) is 9.02. The monoisotopic (exact) mass is 679 g/mol. The molecular formula is C33H35F6N5O4. The third-order valence-electron chi connectivity index (χ3n) is 9.02. The molecule has 3 heterocycles. The van der Waals surface area contributed by atoms with E-state index in [4.69, 9.17) is 19.8 Å². The number of anilines is 1. The molecule has 48 heavy (non-hydrogen) atoms. The highest BCUT2D eigenvalue weighted by molar-refractivity contribution is 5.71. The largest absolute Gasteiger partial charge is 0.481 e. The normalized spacial score (nSPS) is 21.7. The second-order valence-electron chi connectivity index (χ2n) is 12.3. The Morgan fingerprint density at radius 2 is 1.67 bits per heavy atom. The molecule has 0 spiro atoms. The van der Waals surface area contributed by atoms with Gasteiger partial charge in [0.05, 0.1) is 35.6 Å². The Hall–Kier alpha value is -4.43. The van der Waals surface area contributed by atoms with Gasteiger partial charge in [0.2, 0.25) is 0 Å². The number of carbonyl (C=O) groups excluding carboxylic acids is 1. The molecule has 5 rings (SSSR count). The van der Waals surface area contributed by atoms with Crippen LogP contribution in [-0.4, -0.2) is 56.2 Å². The van der Waals surface area contributed by atoms with E-state index in [1.165, 1.54) is 11.8 Å². The second-order valence-corrected chi connectivity index (χ2v) is 12.3. The van der Waals surface area contributed by atoms with E-state index in [0.29, 0.717) is 48.0 Å². The summed E-state index contributed by atoms with van der Waals surface area (Å²) in [5, 5.41) is 9.17. The molecule has 1 saturated heterocycles. The number of aromatic nitrogens is 3. The molecule has 2 aromatic heterocycles. The number of benzene rings is 1. The minimum atomic E-state index is -5.06. The van der Waals surface area contributed by atoms with Crippen LogP contribution in [0.4, 0.5) is 37.0 Å². The van der Waals surface area contributed by atoms with Crippen LogP contribution in [0.1, 0.15) is 74.4 Å². The second kappa shape index (κ2) is 14.0. The van der Waals surface area contributed by atoms with E-state index in [9.17, 15) is 35.9 Å². The van der Waals surface area contributed by atoms with Crippen LogP contribution in [0.3, 0.4) is 0 Å². The summed E-state index contributed by atoms with van der Waals surface area (Å²) in [4.78, 5) is 41.3. The Bertz CT molecular complexity index is 1580. The minimum Gasteiger partial charge on any atom is -0.481 e. The predicted octanol–water partition coefficient (Wildman–Crippen LogP) is 7.77. The van der Waals surface area contributed by atoms with Gasteiger partial charge in [-0.3, -0.25) is 14.7 Å². The van der Waals surface area contributed by atoms with Crippen molar-refractivity contribution in [2.45, 2.75) is 77.0 Å². The van der Waals surface area contributed by atoms with Crippen LogP contribution in [0, 0.1) is 11.8 Å². The number of hydrogen-bond donors (Lipinski definition) is 1. The molecule has 15 heteroatoms. The van der Waals surface area contributed by atoms with Crippen LogP contribution < -0.4 is 4.90 Å². The lowest BCUT2D eigenvalue weighted by Gasteiger charge is -2.33. The number of carboxylic acids is 1. The number of carboxylic acid groups (broad SMARTS) is 1. The molecule has 1 aliphatic heterocycles. The van der Waals surface area contributed by atoms with Crippen molar-refractivity contribution in [3.63, 3.8) is 0 Å². The average molecular weight is 680 g/mol. The SMILES string of the molecule is CCN(CC1CCC(CC(=O)O)CC1)c1ncc(-c2cccnc2)nc1CN1C(=O)O[C@H](c2cc(C(F)(F)F)cc(C(F)(F)F)c2)[C@@H]1C. The molecule has 0 radical (unpaired) electrons. The van der Waals surface area contributed by atoms with E-state index < -0.39 is 53.3 Å². The highest BCUT2D eigenvalue weighted by Gasteiger charge is 2.44. The summed E-state index contributed by atoms with van der Waals surface area (Å²) in [6.07, 6.45) is -4.30. The van der Waals surface area contributed by atoms with Crippen molar-refractivity contribution >= 4 is 17.9 Å². The first-order valence-electron chi connectivity index (χ1n) is 15.6. The van der Waals surface area contributed by atoms with Gasteiger partial charge in [-0.1, -0.05) is 0 Å². The molecular weight excluding hydrogens is 644 g/mol. The Morgan fingerprint density at radius 3 is 2.23 bits per heavy atom. The molecule has 1 aromatic carbocycles. The number of aliphatic carboxylic acids is 1. The molecule has 0 unspecified atom stereocenters. The van der Waals surface area contributed by atoms with Crippen LogP contribution in [0.25, 0.3) is 11.3 Å². The number of alkyl halides is 6. The summed E-state index contributed by atoms with van der Waals surface area (Å²) in [6.45, 7) is 4.37. The van der Waals surface area contributed by atoms with Gasteiger partial charge >= 0.3 is 24.4 Å². The first-order valence-corrected chi connectivity index (χ1v) is 15.6. The molecule has 1 saturated carbocycles. The van der Waals surface area contributed by atoms with Crippen molar-refractivity contribution in [1.29, 1.82) is 0 Å². The van der Waals surface area contributed by atoms with Crippen molar-refractivity contribution in [3.8, 4) is 11.3 Å².